The van der Waals surface area contributed by atoms with Gasteiger partial charge in [0.15, 0.2) is 0 Å². The van der Waals surface area contributed by atoms with Crippen molar-refractivity contribution in [2.45, 2.75) is 20.0 Å². The Morgan fingerprint density at radius 3 is 2.48 bits per heavy atom. The van der Waals surface area contributed by atoms with Crippen molar-refractivity contribution in [3.05, 3.63) is 47.3 Å². The molecule has 23 heavy (non-hydrogen) atoms. The van der Waals surface area contributed by atoms with E-state index >= 15 is 0 Å². The van der Waals surface area contributed by atoms with E-state index in [1.54, 1.807) is 13.8 Å². The van der Waals surface area contributed by atoms with Gasteiger partial charge in [0, 0.05) is 6.08 Å². The third-order valence-electron chi connectivity index (χ3n) is 2.91. The first-order valence-corrected chi connectivity index (χ1v) is 6.77. The molecule has 122 valence electrons. The number of carbonyl (C=O) groups excluding carboxylic acids is 1. The van der Waals surface area contributed by atoms with Gasteiger partial charge in [-0.05, 0) is 44.2 Å². The molecule has 0 spiro atoms. The molecule has 1 aromatic carbocycles. The maximum atomic E-state index is 12.5. The number of carbonyl (C=O) groups is 1. The van der Waals surface area contributed by atoms with Crippen LogP contribution in [0.25, 0.3) is 11.8 Å². The molecular formula is C15H14F3N3O2. The Kier molecular flexibility index (Phi) is 4.83. The highest BCUT2D eigenvalue weighted by Gasteiger charge is 2.30. The van der Waals surface area contributed by atoms with Gasteiger partial charge in [-0.2, -0.15) is 23.1 Å². The second kappa shape index (κ2) is 6.64. The van der Waals surface area contributed by atoms with Crippen molar-refractivity contribution in [1.29, 1.82) is 0 Å². The second-order valence-corrected chi connectivity index (χ2v) is 4.59. The van der Waals surface area contributed by atoms with Crippen LogP contribution in [0.1, 0.15) is 23.9 Å². The molecule has 1 aromatic heterocycles. The topological polar surface area (TPSA) is 57.0 Å². The summed E-state index contributed by atoms with van der Waals surface area (Å²) in [6.45, 7) is 3.64. The van der Waals surface area contributed by atoms with E-state index in [-0.39, 0.29) is 6.61 Å². The lowest BCUT2D eigenvalue weighted by Crippen LogP contribution is -2.06. The number of alkyl halides is 3. The molecule has 2 aromatic rings. The van der Waals surface area contributed by atoms with E-state index in [1.807, 2.05) is 0 Å². The first-order valence-electron chi connectivity index (χ1n) is 6.77. The lowest BCUT2D eigenvalue weighted by molar-refractivity contribution is -0.138. The van der Waals surface area contributed by atoms with Gasteiger partial charge in [-0.1, -0.05) is 0 Å². The van der Waals surface area contributed by atoms with E-state index in [4.69, 9.17) is 4.74 Å². The molecular weight excluding hydrogens is 311 g/mol. The first-order chi connectivity index (χ1) is 10.8. The summed E-state index contributed by atoms with van der Waals surface area (Å²) in [7, 11) is 0. The molecule has 1 heterocycles. The van der Waals surface area contributed by atoms with Crippen molar-refractivity contribution in [3.8, 4) is 5.69 Å². The van der Waals surface area contributed by atoms with Crippen LogP contribution >= 0.6 is 0 Å². The summed E-state index contributed by atoms with van der Waals surface area (Å²) >= 11 is 0. The Morgan fingerprint density at radius 2 is 1.91 bits per heavy atom. The fourth-order valence-electron chi connectivity index (χ4n) is 1.78. The zero-order valence-electron chi connectivity index (χ0n) is 12.5. The summed E-state index contributed by atoms with van der Waals surface area (Å²) in [6, 6.07) is 4.48. The van der Waals surface area contributed by atoms with E-state index in [9.17, 15) is 18.0 Å². The van der Waals surface area contributed by atoms with Gasteiger partial charge in [-0.3, -0.25) is 0 Å². The molecule has 0 bridgehead atoms. The number of hydrogen-bond donors (Lipinski definition) is 0. The third kappa shape index (κ3) is 4.18. The van der Waals surface area contributed by atoms with E-state index in [2.05, 4.69) is 10.2 Å². The van der Waals surface area contributed by atoms with Gasteiger partial charge >= 0.3 is 12.1 Å². The van der Waals surface area contributed by atoms with Gasteiger partial charge in [-0.25, -0.2) is 4.79 Å². The first kappa shape index (κ1) is 16.7. The van der Waals surface area contributed by atoms with Gasteiger partial charge in [0.1, 0.15) is 5.69 Å². The molecule has 0 N–H and O–H groups in total. The number of benzene rings is 1. The average Bonchev–Trinajstić information content (AvgIpc) is 2.86. The fraction of sp³-hybridized carbons (Fsp3) is 0.267. The zero-order valence-corrected chi connectivity index (χ0v) is 12.5. The lowest BCUT2D eigenvalue weighted by atomic mass is 10.2. The maximum Gasteiger partial charge on any atom is 0.416 e. The van der Waals surface area contributed by atoms with Gasteiger partial charge in [0.05, 0.1) is 23.6 Å². The van der Waals surface area contributed by atoms with E-state index in [0.29, 0.717) is 17.1 Å². The van der Waals surface area contributed by atoms with Crippen molar-refractivity contribution < 1.29 is 22.7 Å². The Morgan fingerprint density at radius 1 is 1.26 bits per heavy atom. The van der Waals surface area contributed by atoms with Crippen molar-refractivity contribution in [2.75, 3.05) is 6.61 Å². The second-order valence-electron chi connectivity index (χ2n) is 4.59. The zero-order chi connectivity index (χ0) is 17.0. The Bertz CT molecular complexity index is 719. The maximum absolute atomic E-state index is 12.5. The molecule has 0 aliphatic heterocycles. The van der Waals surface area contributed by atoms with E-state index < -0.39 is 17.7 Å². The molecule has 0 saturated heterocycles. The van der Waals surface area contributed by atoms with Gasteiger partial charge in [0.25, 0.3) is 0 Å². The molecule has 0 fully saturated rings. The summed E-state index contributed by atoms with van der Waals surface area (Å²) in [6.07, 6.45) is -1.72. The van der Waals surface area contributed by atoms with Crippen LogP contribution in [0.5, 0.6) is 0 Å². The number of aryl methyl sites for hydroxylation is 1. The van der Waals surface area contributed by atoms with Crippen molar-refractivity contribution in [1.82, 2.24) is 15.0 Å². The molecule has 0 radical (unpaired) electrons. The Hall–Kier alpha value is -2.64. The summed E-state index contributed by atoms with van der Waals surface area (Å²) in [5.74, 6) is -0.504. The average molecular weight is 325 g/mol. The highest BCUT2D eigenvalue weighted by molar-refractivity contribution is 5.86. The molecule has 0 aliphatic carbocycles. The molecule has 0 unspecified atom stereocenters. The summed E-state index contributed by atoms with van der Waals surface area (Å²) < 4.78 is 42.4. The normalized spacial score (nSPS) is 11.9. The smallest absolute Gasteiger partial charge is 0.416 e. The fourth-order valence-corrected chi connectivity index (χ4v) is 1.78. The lowest BCUT2D eigenvalue weighted by Gasteiger charge is -2.06. The minimum absolute atomic E-state index is 0.264. The van der Waals surface area contributed by atoms with Crippen LogP contribution < -0.4 is 0 Å². The largest absolute Gasteiger partial charge is 0.463 e. The number of esters is 1. The van der Waals surface area contributed by atoms with Crippen LogP contribution in [0, 0.1) is 6.92 Å². The summed E-state index contributed by atoms with van der Waals surface area (Å²) in [4.78, 5) is 12.5. The van der Waals surface area contributed by atoms with Crippen LogP contribution in [0.15, 0.2) is 30.3 Å². The molecule has 0 aliphatic rings. The number of nitrogens with zero attached hydrogens (tertiary/aromatic N) is 3. The van der Waals surface area contributed by atoms with Crippen LogP contribution in [0.4, 0.5) is 13.2 Å². The standard InChI is InChI=1S/C15H14F3N3O2/c1-3-23-14(22)9-8-13-10(2)19-21(20-13)12-6-4-11(5-7-12)15(16,17)18/h4-9H,3H2,1-2H3/b9-8+. The third-order valence-corrected chi connectivity index (χ3v) is 2.91. The predicted octanol–water partition coefficient (Wildman–Crippen LogP) is 3.17. The minimum atomic E-state index is -4.39. The quantitative estimate of drug-likeness (QED) is 0.640. The highest BCUT2D eigenvalue weighted by Crippen LogP contribution is 2.29. The molecule has 5 nitrogen and oxygen atoms in total. The highest BCUT2D eigenvalue weighted by atomic mass is 19.4. The van der Waals surface area contributed by atoms with Crippen LogP contribution in [0.3, 0.4) is 0 Å². The monoisotopic (exact) mass is 325 g/mol. The van der Waals surface area contributed by atoms with Crippen LogP contribution in [-0.2, 0) is 15.7 Å². The summed E-state index contributed by atoms with van der Waals surface area (Å²) in [5.41, 5.74) is 0.604. The molecule has 0 saturated carbocycles. The SMILES string of the molecule is CCOC(=O)/C=C/c1nn(-c2ccc(C(F)(F)F)cc2)nc1C. The van der Waals surface area contributed by atoms with Gasteiger partial charge in [-0.15, -0.1) is 5.10 Å². The van der Waals surface area contributed by atoms with Crippen LogP contribution in [0.2, 0.25) is 0 Å². The van der Waals surface area contributed by atoms with Gasteiger partial charge in [0.2, 0.25) is 0 Å². The summed E-state index contributed by atoms with van der Waals surface area (Å²) in [5, 5.41) is 8.25. The molecule has 2 rings (SSSR count). The van der Waals surface area contributed by atoms with E-state index in [1.165, 1.54) is 29.1 Å². The van der Waals surface area contributed by atoms with Crippen molar-refractivity contribution >= 4 is 12.0 Å². The Balaban J connectivity index is 2.22. The number of aromatic nitrogens is 3. The van der Waals surface area contributed by atoms with Crippen LogP contribution in [-0.4, -0.2) is 27.6 Å². The minimum Gasteiger partial charge on any atom is -0.463 e. The van der Waals surface area contributed by atoms with Crippen molar-refractivity contribution in [3.63, 3.8) is 0 Å². The predicted molar refractivity (Wildman–Crippen MR) is 76.8 cm³/mol. The number of hydrogen-bond acceptors (Lipinski definition) is 4. The molecule has 0 atom stereocenters. The number of rotatable bonds is 4. The molecule has 8 heteroatoms. The Labute approximate surface area is 130 Å². The van der Waals surface area contributed by atoms with E-state index in [0.717, 1.165) is 12.1 Å². The molecule has 0 amide bonds. The number of halogens is 3. The number of ether oxygens (including phenoxy) is 1. The van der Waals surface area contributed by atoms with Gasteiger partial charge < -0.3 is 4.74 Å². The van der Waals surface area contributed by atoms with Crippen molar-refractivity contribution in [2.24, 2.45) is 0 Å².